The number of benzene rings is 2. The molecule has 2 aromatic carbocycles. The van der Waals surface area contributed by atoms with E-state index < -0.39 is 0 Å². The third kappa shape index (κ3) is 5.55. The van der Waals surface area contributed by atoms with E-state index >= 15 is 0 Å². The first-order chi connectivity index (χ1) is 15.9. The number of amides is 2. The van der Waals surface area contributed by atoms with Crippen molar-refractivity contribution in [2.75, 3.05) is 56.8 Å². The van der Waals surface area contributed by atoms with Crippen LogP contribution in [0.5, 0.6) is 5.75 Å². The lowest BCUT2D eigenvalue weighted by atomic mass is 10.2. The molecule has 0 aliphatic carbocycles. The van der Waals surface area contributed by atoms with E-state index in [0.717, 1.165) is 16.9 Å². The van der Waals surface area contributed by atoms with Gasteiger partial charge in [-0.2, -0.15) is 0 Å². The summed E-state index contributed by atoms with van der Waals surface area (Å²) in [6.07, 6.45) is 1.82. The Kier molecular flexibility index (Phi) is 7.32. The molecule has 0 aromatic heterocycles. The molecule has 0 saturated carbocycles. The molecule has 2 fully saturated rings. The summed E-state index contributed by atoms with van der Waals surface area (Å²) in [7, 11) is 3.94. The Morgan fingerprint density at radius 3 is 2.42 bits per heavy atom. The van der Waals surface area contributed by atoms with Crippen LogP contribution in [0.25, 0.3) is 6.08 Å². The van der Waals surface area contributed by atoms with Crippen molar-refractivity contribution in [1.82, 2.24) is 4.90 Å². The summed E-state index contributed by atoms with van der Waals surface area (Å²) >= 11 is 6.75. The third-order valence-electron chi connectivity index (χ3n) is 5.32. The number of nitrogens with zero attached hydrogens (tertiary/aromatic N) is 3. The van der Waals surface area contributed by atoms with Crippen LogP contribution in [0.15, 0.2) is 53.4 Å². The van der Waals surface area contributed by atoms with E-state index in [1.165, 1.54) is 11.8 Å². The lowest BCUT2D eigenvalue weighted by Gasteiger charge is -2.26. The number of carbonyl (C=O) groups excluding carboxylic acids is 2. The standard InChI is InChI=1S/C24H25N3O4S2/c1-25(2)18-5-7-19(8-6-18)27-23(29)21(33-24(27)32)15-17-3-9-20(10-4-17)31-16-22(28)26-11-13-30-14-12-26/h3-10,15H,11-14,16H2,1-2H3/b21-15+. The highest BCUT2D eigenvalue weighted by molar-refractivity contribution is 8.27. The molecule has 9 heteroatoms. The second-order valence-electron chi connectivity index (χ2n) is 7.78. The lowest BCUT2D eigenvalue weighted by Crippen LogP contribution is -2.42. The molecular weight excluding hydrogens is 458 g/mol. The molecule has 4 rings (SSSR count). The average molecular weight is 484 g/mol. The molecule has 172 valence electrons. The predicted octanol–water partition coefficient (Wildman–Crippen LogP) is 3.40. The lowest BCUT2D eigenvalue weighted by molar-refractivity contribution is -0.137. The normalized spacial score (nSPS) is 17.6. The van der Waals surface area contributed by atoms with Crippen molar-refractivity contribution in [1.29, 1.82) is 0 Å². The van der Waals surface area contributed by atoms with E-state index in [1.807, 2.05) is 61.5 Å². The summed E-state index contributed by atoms with van der Waals surface area (Å²) in [5, 5.41) is 0. The Hall–Kier alpha value is -2.88. The second-order valence-corrected chi connectivity index (χ2v) is 9.45. The molecule has 0 atom stereocenters. The Labute approximate surface area is 202 Å². The van der Waals surface area contributed by atoms with Gasteiger partial charge >= 0.3 is 0 Å². The van der Waals surface area contributed by atoms with E-state index in [1.54, 1.807) is 21.9 Å². The third-order valence-corrected chi connectivity index (χ3v) is 6.62. The minimum Gasteiger partial charge on any atom is -0.484 e. The fourth-order valence-electron chi connectivity index (χ4n) is 3.45. The number of anilines is 2. The highest BCUT2D eigenvalue weighted by Gasteiger charge is 2.33. The first-order valence-corrected chi connectivity index (χ1v) is 11.8. The van der Waals surface area contributed by atoms with E-state index in [0.29, 0.717) is 41.3 Å². The van der Waals surface area contributed by atoms with Crippen molar-refractivity contribution in [3.8, 4) is 5.75 Å². The van der Waals surface area contributed by atoms with Crippen LogP contribution < -0.4 is 14.5 Å². The topological polar surface area (TPSA) is 62.3 Å². The van der Waals surface area contributed by atoms with E-state index in [2.05, 4.69) is 0 Å². The van der Waals surface area contributed by atoms with Crippen LogP contribution in [-0.4, -0.2) is 68.0 Å². The van der Waals surface area contributed by atoms with Crippen LogP contribution in [0.1, 0.15) is 5.56 Å². The van der Waals surface area contributed by atoms with Crippen molar-refractivity contribution in [2.45, 2.75) is 0 Å². The van der Waals surface area contributed by atoms with Gasteiger partial charge in [-0.15, -0.1) is 0 Å². The molecule has 2 aliphatic heterocycles. The van der Waals surface area contributed by atoms with Gasteiger partial charge in [-0.1, -0.05) is 36.1 Å². The number of carbonyl (C=O) groups is 2. The zero-order valence-corrected chi connectivity index (χ0v) is 20.2. The number of hydrogen-bond donors (Lipinski definition) is 0. The summed E-state index contributed by atoms with van der Waals surface area (Å²) in [4.78, 5) is 31.1. The van der Waals surface area contributed by atoms with Gasteiger partial charge in [0.25, 0.3) is 11.8 Å². The van der Waals surface area contributed by atoms with Gasteiger partial charge in [-0.05, 0) is 48.0 Å². The van der Waals surface area contributed by atoms with Crippen LogP contribution in [-0.2, 0) is 14.3 Å². The van der Waals surface area contributed by atoms with Crippen LogP contribution in [0.2, 0.25) is 0 Å². The molecule has 7 nitrogen and oxygen atoms in total. The van der Waals surface area contributed by atoms with Crippen LogP contribution in [0.4, 0.5) is 11.4 Å². The maximum Gasteiger partial charge on any atom is 0.270 e. The first kappa shape index (κ1) is 23.3. The summed E-state index contributed by atoms with van der Waals surface area (Å²) in [5.41, 5.74) is 2.65. The van der Waals surface area contributed by atoms with Crippen LogP contribution in [0, 0.1) is 0 Å². The molecule has 2 aromatic rings. The van der Waals surface area contributed by atoms with E-state index in [-0.39, 0.29) is 18.4 Å². The maximum absolute atomic E-state index is 13.0. The molecule has 0 N–H and O–H groups in total. The Balaban J connectivity index is 1.38. The molecule has 33 heavy (non-hydrogen) atoms. The quantitative estimate of drug-likeness (QED) is 0.461. The van der Waals surface area contributed by atoms with Gasteiger partial charge < -0.3 is 19.3 Å². The van der Waals surface area contributed by atoms with Crippen LogP contribution >= 0.6 is 24.0 Å². The maximum atomic E-state index is 13.0. The predicted molar refractivity (Wildman–Crippen MR) is 136 cm³/mol. The fraction of sp³-hybridized carbons (Fsp3) is 0.292. The van der Waals surface area contributed by atoms with Gasteiger partial charge in [0, 0.05) is 32.9 Å². The molecule has 0 radical (unpaired) electrons. The number of morpholine rings is 1. The van der Waals surface area contributed by atoms with Gasteiger partial charge in [0.15, 0.2) is 10.9 Å². The summed E-state index contributed by atoms with van der Waals surface area (Å²) in [6, 6.07) is 15.0. The minimum atomic E-state index is -0.140. The minimum absolute atomic E-state index is 0.00931. The highest BCUT2D eigenvalue weighted by atomic mass is 32.2. The van der Waals surface area contributed by atoms with Gasteiger partial charge in [-0.3, -0.25) is 14.5 Å². The average Bonchev–Trinajstić information content (AvgIpc) is 3.11. The Bertz CT molecular complexity index is 1060. The van der Waals surface area contributed by atoms with Crippen molar-refractivity contribution >= 4 is 57.6 Å². The molecule has 2 aliphatic rings. The SMILES string of the molecule is CN(C)c1ccc(N2C(=O)/C(=C\c3ccc(OCC(=O)N4CCOCC4)cc3)SC2=S)cc1. The molecule has 0 spiro atoms. The highest BCUT2D eigenvalue weighted by Crippen LogP contribution is 2.36. The zero-order chi connectivity index (χ0) is 23.4. The fourth-order valence-corrected chi connectivity index (χ4v) is 4.75. The van der Waals surface area contributed by atoms with Crippen molar-refractivity contribution in [3.63, 3.8) is 0 Å². The number of thioether (sulfide) groups is 1. The largest absolute Gasteiger partial charge is 0.484 e. The Morgan fingerprint density at radius 2 is 1.79 bits per heavy atom. The van der Waals surface area contributed by atoms with Crippen LogP contribution in [0.3, 0.4) is 0 Å². The van der Waals surface area contributed by atoms with Gasteiger partial charge in [0.1, 0.15) is 5.75 Å². The second kappa shape index (κ2) is 10.4. The number of thiocarbonyl (C=S) groups is 1. The molecule has 2 heterocycles. The Morgan fingerprint density at radius 1 is 1.12 bits per heavy atom. The van der Waals surface area contributed by atoms with Gasteiger partial charge in [0.05, 0.1) is 23.8 Å². The number of ether oxygens (including phenoxy) is 2. The van der Waals surface area contributed by atoms with E-state index in [9.17, 15) is 9.59 Å². The molecule has 0 unspecified atom stereocenters. The van der Waals surface area contributed by atoms with E-state index in [4.69, 9.17) is 21.7 Å². The zero-order valence-electron chi connectivity index (χ0n) is 18.5. The van der Waals surface area contributed by atoms with Crippen molar-refractivity contribution < 1.29 is 19.1 Å². The number of rotatable bonds is 6. The molecule has 2 amide bonds. The summed E-state index contributed by atoms with van der Waals surface area (Å²) in [6.45, 7) is 2.31. The monoisotopic (exact) mass is 483 g/mol. The van der Waals surface area contributed by atoms with Crippen molar-refractivity contribution in [2.24, 2.45) is 0 Å². The smallest absolute Gasteiger partial charge is 0.270 e. The summed E-state index contributed by atoms with van der Waals surface area (Å²) < 4.78 is 11.4. The van der Waals surface area contributed by atoms with Crippen molar-refractivity contribution in [3.05, 3.63) is 59.0 Å². The molecular formula is C24H25N3O4S2. The first-order valence-electron chi connectivity index (χ1n) is 10.6. The molecule has 2 saturated heterocycles. The van der Waals surface area contributed by atoms with Gasteiger partial charge in [-0.25, -0.2) is 0 Å². The van der Waals surface area contributed by atoms with Gasteiger partial charge in [0.2, 0.25) is 0 Å². The number of hydrogen-bond acceptors (Lipinski definition) is 7. The molecule has 0 bridgehead atoms. The summed E-state index contributed by atoms with van der Waals surface area (Å²) in [5.74, 6) is 0.408.